The number of nitrogen functional groups attached to an aromatic ring is 1. The molecule has 1 aromatic carbocycles. The molecular weight excluding hydrogens is 250 g/mol. The molecule has 0 spiro atoms. The van der Waals surface area contributed by atoms with Crippen LogP contribution in [-0.4, -0.2) is 4.98 Å². The highest BCUT2D eigenvalue weighted by Crippen LogP contribution is 2.29. The van der Waals surface area contributed by atoms with E-state index >= 15 is 0 Å². The minimum absolute atomic E-state index is 0.177. The van der Waals surface area contributed by atoms with Crippen molar-refractivity contribution >= 4 is 5.82 Å². The molecule has 1 aromatic heterocycles. The van der Waals surface area contributed by atoms with Crippen LogP contribution in [0.2, 0.25) is 0 Å². The van der Waals surface area contributed by atoms with E-state index < -0.39 is 17.7 Å². The van der Waals surface area contributed by atoms with E-state index in [-0.39, 0.29) is 11.4 Å². The Morgan fingerprint density at radius 2 is 1.89 bits per heavy atom. The van der Waals surface area contributed by atoms with Crippen LogP contribution >= 0.6 is 0 Å². The fraction of sp³-hybridized carbons (Fsp3) is 0.154. The van der Waals surface area contributed by atoms with Crippen LogP contribution in [0.15, 0.2) is 30.5 Å². The average Bonchev–Trinajstić information content (AvgIpc) is 2.37. The number of nitrogens with zero attached hydrogens (tertiary/aromatic N) is 1. The molecular formula is C13H14F2N4. The maximum Gasteiger partial charge on any atom is 0.131 e. The molecule has 100 valence electrons. The van der Waals surface area contributed by atoms with Crippen molar-refractivity contribution in [2.24, 2.45) is 5.84 Å². The number of nitrogens with one attached hydrogen (secondary N) is 1. The number of aromatic nitrogens is 1. The zero-order valence-corrected chi connectivity index (χ0v) is 10.3. The highest BCUT2D eigenvalue weighted by atomic mass is 19.1. The van der Waals surface area contributed by atoms with Crippen LogP contribution in [0.4, 0.5) is 14.6 Å². The van der Waals surface area contributed by atoms with Crippen molar-refractivity contribution in [3.05, 3.63) is 58.8 Å². The predicted molar refractivity (Wildman–Crippen MR) is 68.9 cm³/mol. The van der Waals surface area contributed by atoms with Crippen molar-refractivity contribution in [2.45, 2.75) is 13.0 Å². The second kappa shape index (κ2) is 5.29. The summed E-state index contributed by atoms with van der Waals surface area (Å²) in [5.74, 6) is 4.22. The van der Waals surface area contributed by atoms with Crippen LogP contribution in [0.5, 0.6) is 0 Å². The van der Waals surface area contributed by atoms with Gasteiger partial charge in [0.15, 0.2) is 0 Å². The third-order valence-electron chi connectivity index (χ3n) is 2.85. The molecule has 1 unspecified atom stereocenters. The Morgan fingerprint density at radius 3 is 2.47 bits per heavy atom. The van der Waals surface area contributed by atoms with Gasteiger partial charge >= 0.3 is 0 Å². The second-order valence-corrected chi connectivity index (χ2v) is 4.22. The molecule has 1 heterocycles. The molecule has 0 radical (unpaired) electrons. The van der Waals surface area contributed by atoms with Gasteiger partial charge in [0, 0.05) is 17.3 Å². The minimum atomic E-state index is -0.895. The molecule has 0 saturated carbocycles. The maximum absolute atomic E-state index is 13.8. The quantitative estimate of drug-likeness (QED) is 0.583. The standard InChI is InChI=1S/C13H14F2N4/c1-7-5-8(13(16)18-6-7)12(19-17)11-9(14)3-2-4-10(11)15/h2-6,12,19H,17H2,1H3,(H2,16,18). The normalized spacial score (nSPS) is 12.4. The molecule has 2 rings (SSSR count). The van der Waals surface area contributed by atoms with Gasteiger partial charge in [-0.05, 0) is 30.7 Å². The fourth-order valence-corrected chi connectivity index (χ4v) is 1.95. The molecule has 0 fully saturated rings. The zero-order valence-electron chi connectivity index (χ0n) is 10.3. The molecule has 19 heavy (non-hydrogen) atoms. The Balaban J connectivity index is 2.59. The Labute approximate surface area is 109 Å². The van der Waals surface area contributed by atoms with E-state index in [1.54, 1.807) is 19.2 Å². The molecule has 4 nitrogen and oxygen atoms in total. The number of hydrogen-bond donors (Lipinski definition) is 3. The van der Waals surface area contributed by atoms with Crippen LogP contribution in [-0.2, 0) is 0 Å². The average molecular weight is 264 g/mol. The number of anilines is 1. The second-order valence-electron chi connectivity index (χ2n) is 4.22. The maximum atomic E-state index is 13.8. The highest BCUT2D eigenvalue weighted by Gasteiger charge is 2.23. The first kappa shape index (κ1) is 13.4. The molecule has 0 aliphatic rings. The van der Waals surface area contributed by atoms with Crippen molar-refractivity contribution in [3.63, 3.8) is 0 Å². The Hall–Kier alpha value is -2.05. The number of benzene rings is 1. The number of rotatable bonds is 3. The molecule has 0 saturated heterocycles. The van der Waals surface area contributed by atoms with E-state index in [0.717, 1.165) is 5.56 Å². The van der Waals surface area contributed by atoms with Gasteiger partial charge in [-0.25, -0.2) is 19.2 Å². The molecule has 0 aliphatic heterocycles. The van der Waals surface area contributed by atoms with Crippen molar-refractivity contribution in [1.82, 2.24) is 10.4 Å². The van der Waals surface area contributed by atoms with Gasteiger partial charge in [-0.3, -0.25) is 5.84 Å². The Bertz CT molecular complexity index is 581. The molecule has 0 amide bonds. The summed E-state index contributed by atoms with van der Waals surface area (Å²) in [7, 11) is 0. The smallest absolute Gasteiger partial charge is 0.131 e. The van der Waals surface area contributed by atoms with Gasteiger partial charge in [0.25, 0.3) is 0 Å². The third kappa shape index (κ3) is 2.54. The Kier molecular flexibility index (Phi) is 3.73. The summed E-state index contributed by atoms with van der Waals surface area (Å²) in [5.41, 5.74) is 9.22. The number of hydrogen-bond acceptors (Lipinski definition) is 4. The lowest BCUT2D eigenvalue weighted by Gasteiger charge is -2.19. The van der Waals surface area contributed by atoms with Gasteiger partial charge < -0.3 is 5.73 Å². The summed E-state index contributed by atoms with van der Waals surface area (Å²) in [6.45, 7) is 1.81. The summed E-state index contributed by atoms with van der Waals surface area (Å²) in [5, 5.41) is 0. The lowest BCUT2D eigenvalue weighted by atomic mass is 9.98. The first-order valence-corrected chi connectivity index (χ1v) is 5.66. The van der Waals surface area contributed by atoms with E-state index in [0.29, 0.717) is 5.56 Å². The Morgan fingerprint density at radius 1 is 1.26 bits per heavy atom. The SMILES string of the molecule is Cc1cnc(N)c(C(NN)c2c(F)cccc2F)c1. The summed E-state index contributed by atoms with van der Waals surface area (Å²) < 4.78 is 27.6. The van der Waals surface area contributed by atoms with Gasteiger partial charge in [0.2, 0.25) is 0 Å². The van der Waals surface area contributed by atoms with Gasteiger partial charge in [-0.1, -0.05) is 6.07 Å². The fourth-order valence-electron chi connectivity index (χ4n) is 1.95. The number of nitrogens with two attached hydrogens (primary N) is 2. The largest absolute Gasteiger partial charge is 0.383 e. The van der Waals surface area contributed by atoms with Crippen molar-refractivity contribution in [2.75, 3.05) is 5.73 Å². The molecule has 0 aliphatic carbocycles. The predicted octanol–water partition coefficient (Wildman–Crippen LogP) is 1.80. The number of halogens is 2. The number of aryl methyl sites for hydroxylation is 1. The lowest BCUT2D eigenvalue weighted by Crippen LogP contribution is -2.31. The van der Waals surface area contributed by atoms with Crippen molar-refractivity contribution in [1.29, 1.82) is 0 Å². The van der Waals surface area contributed by atoms with E-state index in [4.69, 9.17) is 11.6 Å². The zero-order chi connectivity index (χ0) is 14.0. The van der Waals surface area contributed by atoms with Crippen LogP contribution in [0.1, 0.15) is 22.7 Å². The number of pyridine rings is 1. The van der Waals surface area contributed by atoms with E-state index in [1.807, 2.05) is 0 Å². The summed E-state index contributed by atoms with van der Waals surface area (Å²) in [4.78, 5) is 3.97. The van der Waals surface area contributed by atoms with Crippen LogP contribution < -0.4 is 17.0 Å². The lowest BCUT2D eigenvalue weighted by molar-refractivity contribution is 0.510. The van der Waals surface area contributed by atoms with Crippen molar-refractivity contribution in [3.8, 4) is 0 Å². The summed E-state index contributed by atoms with van der Waals surface area (Å²) in [6, 6.07) is 4.43. The first-order chi connectivity index (χ1) is 9.04. The topological polar surface area (TPSA) is 77.0 Å². The van der Waals surface area contributed by atoms with Gasteiger partial charge in [-0.2, -0.15) is 0 Å². The summed E-state index contributed by atoms with van der Waals surface area (Å²) in [6.07, 6.45) is 1.57. The van der Waals surface area contributed by atoms with Crippen molar-refractivity contribution < 1.29 is 8.78 Å². The monoisotopic (exact) mass is 264 g/mol. The summed E-state index contributed by atoms with van der Waals surface area (Å²) >= 11 is 0. The molecule has 5 N–H and O–H groups in total. The molecule has 2 aromatic rings. The third-order valence-corrected chi connectivity index (χ3v) is 2.85. The minimum Gasteiger partial charge on any atom is -0.383 e. The van der Waals surface area contributed by atoms with E-state index in [9.17, 15) is 8.78 Å². The van der Waals surface area contributed by atoms with E-state index in [1.165, 1.54) is 18.2 Å². The highest BCUT2D eigenvalue weighted by molar-refractivity contribution is 5.47. The van der Waals surface area contributed by atoms with Crippen LogP contribution in [0, 0.1) is 18.6 Å². The number of hydrazine groups is 1. The molecule has 0 bridgehead atoms. The van der Waals surface area contributed by atoms with Crippen LogP contribution in [0.3, 0.4) is 0 Å². The van der Waals surface area contributed by atoms with Gasteiger partial charge in [-0.15, -0.1) is 0 Å². The molecule has 6 heteroatoms. The van der Waals surface area contributed by atoms with Gasteiger partial charge in [0.1, 0.15) is 17.5 Å². The van der Waals surface area contributed by atoms with Crippen LogP contribution in [0.25, 0.3) is 0 Å². The molecule has 1 atom stereocenters. The first-order valence-electron chi connectivity index (χ1n) is 5.66. The van der Waals surface area contributed by atoms with E-state index in [2.05, 4.69) is 10.4 Å². The van der Waals surface area contributed by atoms with Gasteiger partial charge in [0.05, 0.1) is 6.04 Å².